The number of nitrogens with two attached hydrogens (primary N) is 5. The number of nitrogens with zero attached hydrogens (tertiary/aromatic N) is 5. The number of aromatic amines is 1. The first kappa shape index (κ1) is 76.5. The third kappa shape index (κ3) is 20.3. The van der Waals surface area contributed by atoms with Gasteiger partial charge in [0.15, 0.2) is 18.7 Å². The number of thiazole rings is 1. The van der Waals surface area contributed by atoms with Gasteiger partial charge >= 0.3 is 6.09 Å². The standard InChI is InChI=1S/C55H83N17O21S2/c1-20-33(69-46(72-44(20)58)26(13-32(57)76)64-14-25(56)45(59)82)50(86)71-35(41(28-15-61-19-65-28)91-54-43(39(80)37(78)30(16-73)90-54)92-53-40(81)42(93-55(60)88)38(79)31(17-74)89-53)51(87)66-22(3)36(77)21(2)47(83)70-34(23(4)75)49(85)63-10-8-24-12-27(67-24)52-68-29(18-94-52)48(84)62-9-7-11-95(5)6/h12,15,18-19,21-23,25-26,30-31,34-43,53-54,64,73-75,77-81H,7-11,13-14,16-17,56H2,1-6H3,(H13-,57,58,59,60,61,62,63,65,66,69,70,71,72,76,82,83,84,85,86,87,88)/p+1/t21-,22+,23+,25-,26-,30-,31+,34-,35-,36-,37+,38+,39-,40-,41-,42-,43-,53+,54-/m0/s1. The average Bonchev–Trinajstić information content (AvgIpc) is 1.51. The summed E-state index contributed by atoms with van der Waals surface area (Å²) in [5.41, 5.74) is 28.7. The van der Waals surface area contributed by atoms with Crippen molar-refractivity contribution in [2.75, 3.05) is 56.8 Å². The normalized spacial score (nSPS) is 24.7. The van der Waals surface area contributed by atoms with Crippen LogP contribution in [0.4, 0.5) is 10.6 Å². The van der Waals surface area contributed by atoms with Crippen molar-refractivity contribution >= 4 is 86.9 Å². The predicted octanol–water partition coefficient (Wildman–Crippen LogP) is -8.18. The van der Waals surface area contributed by atoms with Gasteiger partial charge in [0.2, 0.25) is 29.5 Å². The molecule has 3 aromatic heterocycles. The quantitative estimate of drug-likeness (QED) is 0.0192. The number of amides is 8. The first-order valence-electron chi connectivity index (χ1n) is 29.7. The van der Waals surface area contributed by atoms with E-state index in [2.05, 4.69) is 74.3 Å². The molecule has 0 aliphatic carbocycles. The molecule has 2 fully saturated rings. The summed E-state index contributed by atoms with van der Waals surface area (Å²) in [6.45, 7) is 3.19. The summed E-state index contributed by atoms with van der Waals surface area (Å²) in [5, 5.41) is 106. The molecule has 19 atom stereocenters. The SMILES string of the molecule is Cc1c(N)nc([C@H](CC(N)=O)NC[C@H](N)C(N)=O)nc1C(=O)N[C@H](C(=O)N[C@H](C)[C@@H](O)[C@H](C)C(=O)N[C@H](C(=O)NCCC1=NC(c2nc(C(=O)NCCC[S+](C)C)cs2)=C1)[C@@H](C)O)[C@@H](O[C@@H]1O[C@@H](CO)[C@@H](O)[C@H](O)[C@@H]1O[C@H]1O[C@H](CO)[C@@H](O)[C@H](OC(N)=O)[C@@H]1O)c1cnc[nH]1. The minimum absolute atomic E-state index is 0.00460. The number of carbonyl (C=O) groups is 8. The maximum atomic E-state index is 15.2. The molecule has 3 aliphatic heterocycles. The van der Waals surface area contributed by atoms with Crippen LogP contribution >= 0.6 is 11.3 Å². The number of ether oxygens (including phenoxy) is 5. The molecule has 526 valence electrons. The van der Waals surface area contributed by atoms with Crippen LogP contribution in [0.25, 0.3) is 5.70 Å². The van der Waals surface area contributed by atoms with E-state index in [1.807, 2.05) is 0 Å². The van der Waals surface area contributed by atoms with Crippen molar-refractivity contribution in [2.24, 2.45) is 33.8 Å². The summed E-state index contributed by atoms with van der Waals surface area (Å²) in [5.74, 6) is -7.67. The number of nitrogens with one attached hydrogen (secondary N) is 7. The minimum atomic E-state index is -2.20. The predicted molar refractivity (Wildman–Crippen MR) is 334 cm³/mol. The highest BCUT2D eigenvalue weighted by Crippen LogP contribution is 2.35. The van der Waals surface area contributed by atoms with Crippen LogP contribution in [0, 0.1) is 12.8 Å². The molecule has 0 unspecified atom stereocenters. The number of aliphatic hydroxyl groups is 8. The highest BCUT2D eigenvalue weighted by atomic mass is 32.2. The number of aliphatic hydroxyl groups excluding tert-OH is 8. The zero-order chi connectivity index (χ0) is 70.3. The average molecular weight is 1380 g/mol. The zero-order valence-corrected chi connectivity index (χ0v) is 54.1. The number of anilines is 1. The molecule has 2 saturated heterocycles. The molecule has 0 spiro atoms. The fourth-order valence-corrected chi connectivity index (χ4v) is 11.3. The smallest absolute Gasteiger partial charge is 0.404 e. The minimum Gasteiger partial charge on any atom is -0.441 e. The lowest BCUT2D eigenvalue weighted by molar-refractivity contribution is -0.372. The van der Waals surface area contributed by atoms with E-state index in [-0.39, 0.29) is 64.9 Å². The first-order chi connectivity index (χ1) is 44.8. The Hall–Kier alpha value is -7.52. The number of imidazole rings is 1. The number of H-pyrrole nitrogens is 1. The molecule has 95 heavy (non-hydrogen) atoms. The molecule has 38 nitrogen and oxygen atoms in total. The van der Waals surface area contributed by atoms with Gasteiger partial charge in [-0.2, -0.15) is 0 Å². The molecule has 40 heteroatoms. The third-order valence-electron chi connectivity index (χ3n) is 15.3. The molecule has 25 N–H and O–H groups in total. The van der Waals surface area contributed by atoms with Crippen LogP contribution in [0.1, 0.15) is 95.2 Å². The monoisotopic (exact) mass is 1380 g/mol. The number of hydrogen-bond donors (Lipinski definition) is 20. The maximum Gasteiger partial charge on any atom is 0.404 e. The lowest BCUT2D eigenvalue weighted by atomic mass is 9.96. The van der Waals surface area contributed by atoms with Crippen LogP contribution in [0.15, 0.2) is 29.0 Å². The Kier molecular flexibility index (Phi) is 28.1. The van der Waals surface area contributed by atoms with Crippen molar-refractivity contribution in [3.05, 3.63) is 57.5 Å². The number of primary amides is 3. The van der Waals surface area contributed by atoms with E-state index in [1.54, 1.807) is 11.5 Å². The number of carbonyl (C=O) groups excluding carboxylic acids is 8. The van der Waals surface area contributed by atoms with Gasteiger partial charge in [0.1, 0.15) is 100 Å². The molecule has 8 amide bonds. The van der Waals surface area contributed by atoms with Crippen LogP contribution in [-0.4, -0.2) is 268 Å². The van der Waals surface area contributed by atoms with E-state index in [9.17, 15) is 74.4 Å². The highest BCUT2D eigenvalue weighted by molar-refractivity contribution is 7.95. The second kappa shape index (κ2) is 34.9. The summed E-state index contributed by atoms with van der Waals surface area (Å²) in [4.78, 5) is 130. The molecule has 6 heterocycles. The molecular formula is C55H84N17O21S2+. The van der Waals surface area contributed by atoms with Crippen molar-refractivity contribution in [3.63, 3.8) is 0 Å². The second-order valence-corrected chi connectivity index (χ2v) is 26.1. The van der Waals surface area contributed by atoms with Gasteiger partial charge in [0.25, 0.3) is 11.8 Å². The summed E-state index contributed by atoms with van der Waals surface area (Å²) < 4.78 is 28.7. The fourth-order valence-electron chi connectivity index (χ4n) is 9.84. The van der Waals surface area contributed by atoms with Crippen LogP contribution in [0.2, 0.25) is 0 Å². The van der Waals surface area contributed by atoms with E-state index in [0.717, 1.165) is 24.7 Å². The van der Waals surface area contributed by atoms with Crippen molar-refractivity contribution < 1.29 is 103 Å². The number of allylic oxidation sites excluding steroid dienone is 1. The summed E-state index contributed by atoms with van der Waals surface area (Å²) in [6, 6.07) is -7.83. The van der Waals surface area contributed by atoms with Crippen LogP contribution in [0.3, 0.4) is 0 Å². The second-order valence-electron chi connectivity index (χ2n) is 22.8. The Bertz CT molecular complexity index is 3220. The molecule has 3 aliphatic rings. The van der Waals surface area contributed by atoms with E-state index in [4.69, 9.17) is 52.4 Å². The van der Waals surface area contributed by atoms with Gasteiger partial charge in [-0.15, -0.1) is 11.3 Å². The topological polar surface area (TPSA) is 627 Å². The molecular weight excluding hydrogens is 1300 g/mol. The van der Waals surface area contributed by atoms with Gasteiger partial charge in [-0.05, 0) is 37.7 Å². The summed E-state index contributed by atoms with van der Waals surface area (Å²) in [7, 11) is 0.258. The van der Waals surface area contributed by atoms with Gasteiger partial charge in [-0.1, -0.05) is 6.92 Å². The Labute approximate surface area is 549 Å². The largest absolute Gasteiger partial charge is 0.441 e. The Morgan fingerprint density at radius 2 is 1.48 bits per heavy atom. The van der Waals surface area contributed by atoms with Crippen LogP contribution < -0.4 is 60.6 Å². The maximum absolute atomic E-state index is 15.2. The lowest BCUT2D eigenvalue weighted by Gasteiger charge is -2.47. The van der Waals surface area contributed by atoms with Crippen molar-refractivity contribution in [2.45, 2.75) is 157 Å². The van der Waals surface area contributed by atoms with Gasteiger partial charge in [0.05, 0.1) is 80.2 Å². The molecule has 6 rings (SSSR count). The number of aliphatic imine (C=N–C) groups is 1. The van der Waals surface area contributed by atoms with Gasteiger partial charge in [-0.3, -0.25) is 38.6 Å². The number of hydrogen-bond acceptors (Lipinski definition) is 30. The van der Waals surface area contributed by atoms with Gasteiger partial charge in [0, 0.05) is 55.6 Å². The Morgan fingerprint density at radius 1 is 0.811 bits per heavy atom. The van der Waals surface area contributed by atoms with Crippen molar-refractivity contribution in [1.82, 2.24) is 56.8 Å². The van der Waals surface area contributed by atoms with E-state index in [1.165, 1.54) is 39.0 Å². The van der Waals surface area contributed by atoms with Crippen molar-refractivity contribution in [1.29, 1.82) is 0 Å². The van der Waals surface area contributed by atoms with Gasteiger partial charge in [-0.25, -0.2) is 24.7 Å². The molecule has 0 aromatic carbocycles. The molecule has 0 radical (unpaired) electrons. The van der Waals surface area contributed by atoms with E-state index in [0.29, 0.717) is 23.0 Å². The van der Waals surface area contributed by atoms with Crippen LogP contribution in [0.5, 0.6) is 0 Å². The molecule has 0 saturated carbocycles. The van der Waals surface area contributed by atoms with E-state index < -0.39 is 183 Å². The number of rotatable bonds is 35. The number of nitrogen functional groups attached to an aromatic ring is 1. The van der Waals surface area contributed by atoms with Crippen LogP contribution in [-0.2, 0) is 58.6 Å². The highest BCUT2D eigenvalue weighted by Gasteiger charge is 2.54. The lowest BCUT2D eigenvalue weighted by Crippen LogP contribution is -2.65. The first-order valence-corrected chi connectivity index (χ1v) is 32.8. The summed E-state index contributed by atoms with van der Waals surface area (Å²) >= 11 is 1.24. The Morgan fingerprint density at radius 3 is 2.09 bits per heavy atom. The molecule has 0 bridgehead atoms. The van der Waals surface area contributed by atoms with Gasteiger partial charge < -0.3 is 130 Å². The number of aromatic nitrogens is 5. The van der Waals surface area contributed by atoms with Crippen molar-refractivity contribution in [3.8, 4) is 0 Å². The zero-order valence-electron chi connectivity index (χ0n) is 52.5. The Balaban J connectivity index is 1.25. The third-order valence-corrected chi connectivity index (χ3v) is 17.3. The summed E-state index contributed by atoms with van der Waals surface area (Å²) in [6.07, 6.45) is -18.2. The fraction of sp³-hybridized carbons (Fsp3) is 0.618. The van der Waals surface area contributed by atoms with E-state index >= 15 is 4.79 Å². The molecule has 3 aromatic rings.